The van der Waals surface area contributed by atoms with Gasteiger partial charge in [0.1, 0.15) is 0 Å². The molecule has 0 radical (unpaired) electrons. The average molecular weight is 374 g/mol. The number of thiazole rings is 1. The molecule has 0 fully saturated rings. The number of amides is 2. The average Bonchev–Trinajstić information content (AvgIpc) is 2.95. The van der Waals surface area contributed by atoms with Crippen LogP contribution in [0.15, 0.2) is 42.5 Å². The van der Waals surface area contributed by atoms with Crippen LogP contribution in [0.3, 0.4) is 0 Å². The molecule has 2 N–H and O–H groups in total. The lowest BCUT2D eigenvalue weighted by molar-refractivity contribution is -0.116. The van der Waals surface area contributed by atoms with Crippen molar-refractivity contribution in [3.05, 3.63) is 53.1 Å². The Morgan fingerprint density at radius 2 is 1.96 bits per heavy atom. The van der Waals surface area contributed by atoms with Gasteiger partial charge in [0.15, 0.2) is 5.13 Å². The molecule has 0 bridgehead atoms. The highest BCUT2D eigenvalue weighted by molar-refractivity contribution is 7.22. The summed E-state index contributed by atoms with van der Waals surface area (Å²) in [7, 11) is 0. The maximum Gasteiger partial charge on any atom is 0.226 e. The number of aromatic nitrogens is 1. The summed E-state index contributed by atoms with van der Waals surface area (Å²) in [5.41, 5.74) is 2.43. The third-order valence-electron chi connectivity index (χ3n) is 3.53. The van der Waals surface area contributed by atoms with E-state index in [1.807, 2.05) is 36.4 Å². The van der Waals surface area contributed by atoms with Crippen molar-refractivity contribution in [2.75, 3.05) is 10.6 Å². The highest BCUT2D eigenvalue weighted by atomic mass is 35.5. The third kappa shape index (κ3) is 4.55. The summed E-state index contributed by atoms with van der Waals surface area (Å²) >= 11 is 7.47. The molecule has 7 heteroatoms. The molecule has 3 rings (SSSR count). The zero-order chi connectivity index (χ0) is 17.8. The zero-order valence-corrected chi connectivity index (χ0v) is 15.1. The van der Waals surface area contributed by atoms with Crippen LogP contribution in [0.5, 0.6) is 0 Å². The molecule has 3 aromatic rings. The quantitative estimate of drug-likeness (QED) is 0.692. The third-order valence-corrected chi connectivity index (χ3v) is 4.84. The van der Waals surface area contributed by atoms with Crippen LogP contribution < -0.4 is 10.6 Å². The number of fused-ring (bicyclic) bond motifs is 1. The normalized spacial score (nSPS) is 10.6. The number of benzene rings is 2. The predicted octanol–water partition coefficient (Wildman–Crippen LogP) is 4.48. The first-order valence-corrected chi connectivity index (χ1v) is 8.92. The molecule has 0 saturated carbocycles. The number of nitrogens with zero attached hydrogens (tertiary/aromatic N) is 1. The van der Waals surface area contributed by atoms with E-state index in [2.05, 4.69) is 15.6 Å². The lowest BCUT2D eigenvalue weighted by atomic mass is 10.1. The summed E-state index contributed by atoms with van der Waals surface area (Å²) in [6.45, 7) is 1.46. The molecule has 1 heterocycles. The Morgan fingerprint density at radius 3 is 2.72 bits per heavy atom. The summed E-state index contributed by atoms with van der Waals surface area (Å²) in [4.78, 5) is 27.7. The van der Waals surface area contributed by atoms with Gasteiger partial charge in [-0.15, -0.1) is 0 Å². The number of rotatable bonds is 5. The Morgan fingerprint density at radius 1 is 1.16 bits per heavy atom. The van der Waals surface area contributed by atoms with Crippen LogP contribution in [0.25, 0.3) is 10.2 Å². The van der Waals surface area contributed by atoms with E-state index < -0.39 is 0 Å². The smallest absolute Gasteiger partial charge is 0.226 e. The van der Waals surface area contributed by atoms with Gasteiger partial charge in [-0.3, -0.25) is 9.59 Å². The molecule has 0 spiro atoms. The van der Waals surface area contributed by atoms with E-state index in [0.29, 0.717) is 28.7 Å². The number of hydrogen-bond acceptors (Lipinski definition) is 4. The minimum Gasteiger partial charge on any atom is -0.326 e. The molecule has 0 saturated heterocycles. The minimum absolute atomic E-state index is 0.110. The first kappa shape index (κ1) is 17.4. The SMILES string of the molecule is CC(=O)Nc1ccc2nc(NC(=O)CCc3ccccc3Cl)sc2c1. The Balaban J connectivity index is 1.65. The van der Waals surface area contributed by atoms with Gasteiger partial charge in [-0.2, -0.15) is 0 Å². The molecule has 0 aliphatic rings. The molecular formula is C18H16ClN3O2S. The number of aryl methyl sites for hydroxylation is 1. The molecule has 0 unspecified atom stereocenters. The molecule has 2 aromatic carbocycles. The van der Waals surface area contributed by atoms with Crippen LogP contribution in [-0.4, -0.2) is 16.8 Å². The van der Waals surface area contributed by atoms with Crippen molar-refractivity contribution in [3.63, 3.8) is 0 Å². The van der Waals surface area contributed by atoms with Crippen LogP contribution in [-0.2, 0) is 16.0 Å². The number of nitrogens with one attached hydrogen (secondary N) is 2. The second-order valence-electron chi connectivity index (χ2n) is 5.52. The molecule has 128 valence electrons. The first-order valence-electron chi connectivity index (χ1n) is 7.73. The van der Waals surface area contributed by atoms with Gasteiger partial charge in [0.2, 0.25) is 11.8 Å². The fourth-order valence-corrected chi connectivity index (χ4v) is 3.54. The molecular weight excluding hydrogens is 358 g/mol. The Kier molecular flexibility index (Phi) is 5.31. The summed E-state index contributed by atoms with van der Waals surface area (Å²) in [5, 5.41) is 6.76. The van der Waals surface area contributed by atoms with Gasteiger partial charge in [0.05, 0.1) is 10.2 Å². The van der Waals surface area contributed by atoms with Crippen molar-refractivity contribution < 1.29 is 9.59 Å². The number of halogens is 1. The van der Waals surface area contributed by atoms with E-state index in [1.54, 1.807) is 6.07 Å². The van der Waals surface area contributed by atoms with Gasteiger partial charge in [-0.05, 0) is 36.2 Å². The highest BCUT2D eigenvalue weighted by Crippen LogP contribution is 2.28. The van der Waals surface area contributed by atoms with Crippen LogP contribution in [0.1, 0.15) is 18.9 Å². The minimum atomic E-state index is -0.128. The molecule has 0 aliphatic heterocycles. The molecule has 5 nitrogen and oxygen atoms in total. The van der Waals surface area contributed by atoms with Gasteiger partial charge in [-0.25, -0.2) is 4.98 Å². The lowest BCUT2D eigenvalue weighted by Crippen LogP contribution is -2.12. The fraction of sp³-hybridized carbons (Fsp3) is 0.167. The summed E-state index contributed by atoms with van der Waals surface area (Å²) in [6, 6.07) is 12.9. The standard InChI is InChI=1S/C18H16ClN3O2S/c1-11(23)20-13-7-8-15-16(10-13)25-18(21-15)22-17(24)9-6-12-4-2-3-5-14(12)19/h2-5,7-8,10H,6,9H2,1H3,(H,20,23)(H,21,22,24). The number of hydrogen-bond donors (Lipinski definition) is 2. The van der Waals surface area contributed by atoms with Gasteiger partial charge >= 0.3 is 0 Å². The van der Waals surface area contributed by atoms with Gasteiger partial charge in [0, 0.05) is 24.1 Å². The predicted molar refractivity (Wildman–Crippen MR) is 102 cm³/mol. The number of anilines is 2. The molecule has 25 heavy (non-hydrogen) atoms. The van der Waals surface area contributed by atoms with Crippen LogP contribution >= 0.6 is 22.9 Å². The van der Waals surface area contributed by atoms with E-state index >= 15 is 0 Å². The zero-order valence-electron chi connectivity index (χ0n) is 13.5. The van der Waals surface area contributed by atoms with Crippen molar-refractivity contribution >= 4 is 55.8 Å². The summed E-state index contributed by atoms with van der Waals surface area (Å²) < 4.78 is 0.896. The van der Waals surface area contributed by atoms with E-state index in [1.165, 1.54) is 18.3 Å². The van der Waals surface area contributed by atoms with Crippen LogP contribution in [0.2, 0.25) is 5.02 Å². The highest BCUT2D eigenvalue weighted by Gasteiger charge is 2.10. The van der Waals surface area contributed by atoms with Crippen molar-refractivity contribution in [1.29, 1.82) is 0 Å². The Hall–Kier alpha value is -2.44. The van der Waals surface area contributed by atoms with E-state index in [4.69, 9.17) is 11.6 Å². The second kappa shape index (κ2) is 7.63. The first-order chi connectivity index (χ1) is 12.0. The van der Waals surface area contributed by atoms with Crippen molar-refractivity contribution in [1.82, 2.24) is 4.98 Å². The fourth-order valence-electron chi connectivity index (χ4n) is 2.39. The van der Waals surface area contributed by atoms with Crippen molar-refractivity contribution in [2.24, 2.45) is 0 Å². The second-order valence-corrected chi connectivity index (χ2v) is 6.96. The molecule has 0 atom stereocenters. The Labute approximate surface area is 154 Å². The monoisotopic (exact) mass is 373 g/mol. The maximum atomic E-state index is 12.1. The lowest BCUT2D eigenvalue weighted by Gasteiger charge is -2.03. The van der Waals surface area contributed by atoms with Crippen molar-refractivity contribution in [3.8, 4) is 0 Å². The molecule has 0 aliphatic carbocycles. The number of carbonyl (C=O) groups excluding carboxylic acids is 2. The maximum absolute atomic E-state index is 12.1. The van der Waals surface area contributed by atoms with Crippen molar-refractivity contribution in [2.45, 2.75) is 19.8 Å². The topological polar surface area (TPSA) is 71.1 Å². The van der Waals surface area contributed by atoms with Gasteiger partial charge in [0.25, 0.3) is 0 Å². The summed E-state index contributed by atoms with van der Waals surface area (Å²) in [5.74, 6) is -0.238. The summed E-state index contributed by atoms with van der Waals surface area (Å²) in [6.07, 6.45) is 0.903. The Bertz CT molecular complexity index is 939. The molecule has 1 aromatic heterocycles. The largest absolute Gasteiger partial charge is 0.326 e. The number of carbonyl (C=O) groups is 2. The molecule has 2 amide bonds. The van der Waals surface area contributed by atoms with E-state index in [-0.39, 0.29) is 11.8 Å². The van der Waals surface area contributed by atoms with Gasteiger partial charge in [-0.1, -0.05) is 41.1 Å². The van der Waals surface area contributed by atoms with E-state index in [9.17, 15) is 9.59 Å². The van der Waals surface area contributed by atoms with Gasteiger partial charge < -0.3 is 10.6 Å². The van der Waals surface area contributed by atoms with E-state index in [0.717, 1.165) is 15.8 Å². The van der Waals surface area contributed by atoms with Crippen LogP contribution in [0.4, 0.5) is 10.8 Å². The van der Waals surface area contributed by atoms with Crippen LogP contribution in [0, 0.1) is 0 Å².